The Balaban J connectivity index is 1.38. The molecule has 0 radical (unpaired) electrons. The van der Waals surface area contributed by atoms with E-state index in [1.807, 2.05) is 36.4 Å². The van der Waals surface area contributed by atoms with Crippen LogP contribution in [0.1, 0.15) is 60.0 Å². The Kier molecular flexibility index (Phi) is 6.57. The Hall–Kier alpha value is -3.62. The highest BCUT2D eigenvalue weighted by Gasteiger charge is 2.40. The number of rotatable bonds is 7. The smallest absolute Gasteiger partial charge is 0.243 e. The molecule has 0 bridgehead atoms. The molecule has 2 amide bonds. The van der Waals surface area contributed by atoms with Crippen LogP contribution in [0.4, 0.5) is 8.78 Å². The van der Waals surface area contributed by atoms with Crippen LogP contribution in [0, 0.1) is 5.82 Å². The molecule has 2 heterocycles. The van der Waals surface area contributed by atoms with Crippen LogP contribution in [0.3, 0.4) is 0 Å². The van der Waals surface area contributed by atoms with Gasteiger partial charge in [0.25, 0.3) is 0 Å². The molecule has 1 aliphatic carbocycles. The van der Waals surface area contributed by atoms with Gasteiger partial charge in [-0.05, 0) is 41.5 Å². The SMILES string of the molecule is O=C(NC(c1ccccc1)c1ccc(C2CCC2)c(F)c1)[C@@H]1C[C@@H](F)CN1C(=O)Cc1cnn[nH]1. The van der Waals surface area contributed by atoms with E-state index >= 15 is 4.39 Å². The van der Waals surface area contributed by atoms with Crippen LogP contribution in [0.5, 0.6) is 0 Å². The van der Waals surface area contributed by atoms with E-state index in [1.54, 1.807) is 6.07 Å². The average molecular weight is 480 g/mol. The number of nitrogens with one attached hydrogen (secondary N) is 2. The summed E-state index contributed by atoms with van der Waals surface area (Å²) in [6.07, 6.45) is 3.05. The lowest BCUT2D eigenvalue weighted by molar-refractivity contribution is -0.138. The highest BCUT2D eigenvalue weighted by molar-refractivity contribution is 5.89. The second kappa shape index (κ2) is 9.93. The van der Waals surface area contributed by atoms with Crippen molar-refractivity contribution in [2.75, 3.05) is 6.54 Å². The van der Waals surface area contributed by atoms with Crippen molar-refractivity contribution in [3.63, 3.8) is 0 Å². The fourth-order valence-corrected chi connectivity index (χ4v) is 4.90. The number of hydrogen-bond acceptors (Lipinski definition) is 4. The van der Waals surface area contributed by atoms with Gasteiger partial charge in [0.05, 0.1) is 30.9 Å². The van der Waals surface area contributed by atoms with Crippen molar-refractivity contribution in [1.29, 1.82) is 0 Å². The summed E-state index contributed by atoms with van der Waals surface area (Å²) in [6.45, 7) is -0.154. The Morgan fingerprint density at radius 1 is 1.14 bits per heavy atom. The Morgan fingerprint density at radius 2 is 1.94 bits per heavy atom. The van der Waals surface area contributed by atoms with Crippen LogP contribution in [0.2, 0.25) is 0 Å². The monoisotopic (exact) mass is 479 g/mol. The molecule has 1 aromatic heterocycles. The van der Waals surface area contributed by atoms with Crippen LogP contribution in [0.15, 0.2) is 54.7 Å². The van der Waals surface area contributed by atoms with E-state index in [9.17, 15) is 14.0 Å². The van der Waals surface area contributed by atoms with Crippen molar-refractivity contribution in [3.8, 4) is 0 Å². The minimum absolute atomic E-state index is 0.0561. The molecule has 9 heteroatoms. The van der Waals surface area contributed by atoms with Crippen molar-refractivity contribution in [2.45, 2.75) is 56.3 Å². The number of carbonyl (C=O) groups excluding carboxylic acids is 2. The third kappa shape index (κ3) is 4.94. The fraction of sp³-hybridized carbons (Fsp3) is 0.385. The summed E-state index contributed by atoms with van der Waals surface area (Å²) in [6, 6.07) is 12.8. The van der Waals surface area contributed by atoms with Crippen LogP contribution < -0.4 is 5.32 Å². The molecule has 7 nitrogen and oxygen atoms in total. The largest absolute Gasteiger partial charge is 0.343 e. The van der Waals surface area contributed by atoms with Crippen LogP contribution >= 0.6 is 0 Å². The van der Waals surface area contributed by atoms with E-state index in [4.69, 9.17) is 0 Å². The van der Waals surface area contributed by atoms with Gasteiger partial charge in [0.2, 0.25) is 11.8 Å². The molecular formula is C26H27F2N5O2. The van der Waals surface area contributed by atoms with Gasteiger partial charge in [-0.2, -0.15) is 0 Å². The number of aromatic amines is 1. The molecule has 1 unspecified atom stereocenters. The van der Waals surface area contributed by atoms with Crippen LogP contribution in [0.25, 0.3) is 0 Å². The number of H-pyrrole nitrogens is 1. The summed E-state index contributed by atoms with van der Waals surface area (Å²) in [5.74, 6) is -0.891. The van der Waals surface area contributed by atoms with Gasteiger partial charge >= 0.3 is 0 Å². The minimum atomic E-state index is -1.30. The van der Waals surface area contributed by atoms with Crippen molar-refractivity contribution in [1.82, 2.24) is 25.6 Å². The van der Waals surface area contributed by atoms with E-state index < -0.39 is 24.2 Å². The number of nitrogens with zero attached hydrogens (tertiary/aromatic N) is 3. The van der Waals surface area contributed by atoms with E-state index in [1.165, 1.54) is 17.2 Å². The van der Waals surface area contributed by atoms with Crippen molar-refractivity contribution >= 4 is 11.8 Å². The third-order valence-corrected chi connectivity index (χ3v) is 7.00. The molecule has 0 spiro atoms. The maximum atomic E-state index is 15.0. The number of hydrogen-bond donors (Lipinski definition) is 2. The summed E-state index contributed by atoms with van der Waals surface area (Å²) in [5.41, 5.74) is 2.56. The zero-order valence-electron chi connectivity index (χ0n) is 19.2. The van der Waals surface area contributed by atoms with Crippen molar-refractivity contribution in [3.05, 3.63) is 82.9 Å². The first kappa shape index (κ1) is 23.1. The predicted octanol–water partition coefficient (Wildman–Crippen LogP) is 3.60. The summed E-state index contributed by atoms with van der Waals surface area (Å²) >= 11 is 0. The number of amides is 2. The van der Waals surface area contributed by atoms with Crippen molar-refractivity contribution < 1.29 is 18.4 Å². The van der Waals surface area contributed by atoms with E-state index in [0.717, 1.165) is 24.8 Å². The van der Waals surface area contributed by atoms with Gasteiger partial charge in [-0.15, -0.1) is 5.10 Å². The molecule has 1 saturated heterocycles. The van der Waals surface area contributed by atoms with E-state index in [-0.39, 0.29) is 37.0 Å². The number of aromatic nitrogens is 3. The normalized spacial score (nSPS) is 20.9. The quantitative estimate of drug-likeness (QED) is 0.542. The molecule has 3 aromatic rings. The first-order valence-corrected chi connectivity index (χ1v) is 11.9. The average Bonchev–Trinajstić information content (AvgIpc) is 3.47. The third-order valence-electron chi connectivity index (χ3n) is 7.00. The molecule has 182 valence electrons. The van der Waals surface area contributed by atoms with E-state index in [0.29, 0.717) is 16.8 Å². The lowest BCUT2D eigenvalue weighted by Gasteiger charge is -2.28. The standard InChI is InChI=1S/C26H27F2N5O2/c27-19-12-23(33(15-19)24(34)13-20-14-29-32-31-20)26(35)30-25(17-5-2-1-3-6-17)18-9-10-21(22(28)11-18)16-7-4-8-16/h1-3,5-6,9-11,14,16,19,23,25H,4,7-8,12-13,15H2,(H,30,35)(H,29,31,32)/t19-,23+,25?/m1/s1. The molecule has 5 rings (SSSR count). The maximum Gasteiger partial charge on any atom is 0.243 e. The molecular weight excluding hydrogens is 452 g/mol. The summed E-state index contributed by atoms with van der Waals surface area (Å²) in [7, 11) is 0. The molecule has 2 N–H and O–H groups in total. The van der Waals surface area contributed by atoms with Gasteiger partial charge in [0.1, 0.15) is 18.0 Å². The van der Waals surface area contributed by atoms with Gasteiger partial charge in [0, 0.05) is 6.42 Å². The number of likely N-dealkylation sites (tertiary alicyclic amines) is 1. The highest BCUT2D eigenvalue weighted by Crippen LogP contribution is 2.38. The zero-order valence-corrected chi connectivity index (χ0v) is 19.2. The highest BCUT2D eigenvalue weighted by atomic mass is 19.1. The number of benzene rings is 2. The number of carbonyl (C=O) groups is 2. The summed E-state index contributed by atoms with van der Waals surface area (Å²) in [4.78, 5) is 27.5. The lowest BCUT2D eigenvalue weighted by atomic mass is 9.79. The topological polar surface area (TPSA) is 91.0 Å². The predicted molar refractivity (Wildman–Crippen MR) is 125 cm³/mol. The van der Waals surface area contributed by atoms with Gasteiger partial charge in [0.15, 0.2) is 0 Å². The molecule has 1 saturated carbocycles. The fourth-order valence-electron chi connectivity index (χ4n) is 4.90. The van der Waals surface area contributed by atoms with Gasteiger partial charge < -0.3 is 10.2 Å². The Labute approximate surface area is 201 Å². The Bertz CT molecular complexity index is 1180. The molecule has 35 heavy (non-hydrogen) atoms. The molecule has 2 aliphatic rings. The summed E-state index contributed by atoms with van der Waals surface area (Å²) < 4.78 is 29.4. The second-order valence-electron chi connectivity index (χ2n) is 9.31. The van der Waals surface area contributed by atoms with Gasteiger partial charge in [-0.3, -0.25) is 14.7 Å². The maximum absolute atomic E-state index is 15.0. The van der Waals surface area contributed by atoms with Crippen molar-refractivity contribution in [2.24, 2.45) is 0 Å². The molecule has 1 aliphatic heterocycles. The van der Waals surface area contributed by atoms with Gasteiger partial charge in [-0.1, -0.05) is 54.1 Å². The van der Waals surface area contributed by atoms with E-state index in [2.05, 4.69) is 20.7 Å². The lowest BCUT2D eigenvalue weighted by Crippen LogP contribution is -2.47. The first-order chi connectivity index (χ1) is 17.0. The zero-order chi connectivity index (χ0) is 24.4. The number of alkyl halides is 1. The Morgan fingerprint density at radius 3 is 2.60 bits per heavy atom. The summed E-state index contributed by atoms with van der Waals surface area (Å²) in [5, 5.41) is 12.8. The molecule has 3 atom stereocenters. The van der Waals surface area contributed by atoms with Gasteiger partial charge in [-0.25, -0.2) is 8.78 Å². The van der Waals surface area contributed by atoms with Crippen LogP contribution in [-0.4, -0.2) is 50.9 Å². The number of halogens is 2. The molecule has 2 fully saturated rings. The first-order valence-electron chi connectivity index (χ1n) is 11.9. The second-order valence-corrected chi connectivity index (χ2v) is 9.31. The van der Waals surface area contributed by atoms with Crippen LogP contribution in [-0.2, 0) is 16.0 Å². The minimum Gasteiger partial charge on any atom is -0.343 e. The molecule has 2 aromatic carbocycles.